The Bertz CT molecular complexity index is 1100. The van der Waals surface area contributed by atoms with Gasteiger partial charge in [0.2, 0.25) is 5.60 Å². The molecule has 0 aliphatic carbocycles. The van der Waals surface area contributed by atoms with Crippen molar-refractivity contribution in [1.29, 1.82) is 0 Å². The van der Waals surface area contributed by atoms with Gasteiger partial charge in [-0.15, -0.1) is 0 Å². The molecule has 1 aliphatic heterocycles. The second-order valence-electron chi connectivity index (χ2n) is 7.17. The van der Waals surface area contributed by atoms with Gasteiger partial charge < -0.3 is 10.2 Å². The van der Waals surface area contributed by atoms with E-state index in [1.54, 1.807) is 19.9 Å². The molecule has 6 nitrogen and oxygen atoms in total. The first-order chi connectivity index (χ1) is 15.5. The van der Waals surface area contributed by atoms with E-state index in [1.165, 1.54) is 25.2 Å². The highest BCUT2D eigenvalue weighted by Crippen LogP contribution is 2.51. The Morgan fingerprint density at radius 1 is 1.24 bits per heavy atom. The predicted octanol–water partition coefficient (Wildman–Crippen LogP) is 5.69. The summed E-state index contributed by atoms with van der Waals surface area (Å²) < 4.78 is 42.9. The molecule has 1 atom stereocenters. The van der Waals surface area contributed by atoms with E-state index in [9.17, 15) is 18.0 Å². The Labute approximate surface area is 198 Å². The maximum atomic E-state index is 14.3. The third kappa shape index (κ3) is 5.10. The molecule has 0 saturated carbocycles. The fraction of sp³-hybridized carbons (Fsp3) is 0.273. The molecule has 0 spiro atoms. The topological polar surface area (TPSA) is 63.2 Å². The minimum Gasteiger partial charge on any atom is -0.395 e. The number of nitrogens with zero attached hydrogens (tertiary/aromatic N) is 2. The number of carbonyl (C=O) groups excluding carboxylic acids is 1. The summed E-state index contributed by atoms with van der Waals surface area (Å²) in [6, 6.07) is 8.30. The van der Waals surface area contributed by atoms with Crippen LogP contribution in [0.15, 0.2) is 47.6 Å². The highest BCUT2D eigenvalue weighted by atomic mass is 35.5. The van der Waals surface area contributed by atoms with E-state index in [4.69, 9.17) is 32.9 Å². The van der Waals surface area contributed by atoms with Crippen molar-refractivity contribution >= 4 is 41.1 Å². The van der Waals surface area contributed by atoms with Crippen LogP contribution in [-0.4, -0.2) is 37.1 Å². The number of nitrogens with one attached hydrogen (secondary N) is 1. The summed E-state index contributed by atoms with van der Waals surface area (Å²) in [5.74, 6) is -0.439. The standard InChI is InChI=1S/C22H20Cl2F3N3O3/c1-4-32-29-12-28-20(31)18-6-5-14(7-13(18)2)19-11-21(22(25,26)27,33-30(19)3)15-8-16(23)10-17(24)9-15/h5-12H,4H2,1-3H3,(H,28,29,31). The van der Waals surface area contributed by atoms with Gasteiger partial charge in [-0.1, -0.05) is 34.4 Å². The van der Waals surface area contributed by atoms with Crippen LogP contribution in [0.4, 0.5) is 13.2 Å². The summed E-state index contributed by atoms with van der Waals surface area (Å²) in [5, 5.41) is 7.13. The summed E-state index contributed by atoms with van der Waals surface area (Å²) >= 11 is 11.9. The Morgan fingerprint density at radius 3 is 2.48 bits per heavy atom. The van der Waals surface area contributed by atoms with Gasteiger partial charge in [-0.25, -0.2) is 4.84 Å². The Kier molecular flexibility index (Phi) is 7.26. The SMILES string of the molecule is CCO/N=C/NC(=O)c1ccc(C2=CC(c3cc(Cl)cc(Cl)c3)(C(F)(F)F)ON2C)cc1C. The fourth-order valence-electron chi connectivity index (χ4n) is 3.39. The van der Waals surface area contributed by atoms with Crippen LogP contribution in [0.2, 0.25) is 10.0 Å². The van der Waals surface area contributed by atoms with Gasteiger partial charge in [-0.05, 0) is 55.8 Å². The number of carbonyl (C=O) groups is 1. The molecule has 0 fully saturated rings. The molecule has 1 aliphatic rings. The molecule has 0 bridgehead atoms. The highest BCUT2D eigenvalue weighted by Gasteiger charge is 2.60. The van der Waals surface area contributed by atoms with Crippen molar-refractivity contribution < 1.29 is 27.6 Å². The average molecular weight is 502 g/mol. The molecule has 176 valence electrons. The first-order valence-corrected chi connectivity index (χ1v) is 10.5. The first kappa shape index (κ1) is 24.9. The van der Waals surface area contributed by atoms with E-state index < -0.39 is 17.7 Å². The van der Waals surface area contributed by atoms with Gasteiger partial charge in [0.05, 0.1) is 5.70 Å². The van der Waals surface area contributed by atoms with Crippen LogP contribution in [0, 0.1) is 6.92 Å². The molecule has 1 amide bonds. The third-order valence-corrected chi connectivity index (χ3v) is 5.33. The summed E-state index contributed by atoms with van der Waals surface area (Å²) in [7, 11) is 1.37. The molecule has 2 aromatic carbocycles. The van der Waals surface area contributed by atoms with Gasteiger partial charge in [-0.2, -0.15) is 13.2 Å². The van der Waals surface area contributed by atoms with E-state index in [0.29, 0.717) is 23.3 Å². The van der Waals surface area contributed by atoms with Gasteiger partial charge in [-0.3, -0.25) is 9.86 Å². The lowest BCUT2D eigenvalue weighted by molar-refractivity contribution is -0.308. The van der Waals surface area contributed by atoms with Crippen molar-refractivity contribution in [1.82, 2.24) is 10.4 Å². The van der Waals surface area contributed by atoms with Gasteiger partial charge in [0.25, 0.3) is 5.91 Å². The zero-order valence-corrected chi connectivity index (χ0v) is 19.3. The molecule has 33 heavy (non-hydrogen) atoms. The van der Waals surface area contributed by atoms with Gasteiger partial charge >= 0.3 is 6.18 Å². The number of aryl methyl sites for hydroxylation is 1. The molecule has 1 N–H and O–H groups in total. The number of halogens is 5. The maximum absolute atomic E-state index is 14.3. The number of hydrogen-bond donors (Lipinski definition) is 1. The van der Waals surface area contributed by atoms with Crippen molar-refractivity contribution in [2.24, 2.45) is 5.16 Å². The van der Waals surface area contributed by atoms with Crippen molar-refractivity contribution in [3.63, 3.8) is 0 Å². The molecule has 3 rings (SSSR count). The number of hydroxylamine groups is 2. The Morgan fingerprint density at radius 2 is 1.91 bits per heavy atom. The molecule has 1 heterocycles. The van der Waals surface area contributed by atoms with Crippen molar-refractivity contribution in [3.05, 3.63) is 74.8 Å². The van der Waals surface area contributed by atoms with E-state index >= 15 is 0 Å². The van der Waals surface area contributed by atoms with Gasteiger partial charge in [0, 0.05) is 33.8 Å². The molecule has 11 heteroatoms. The molecular weight excluding hydrogens is 482 g/mol. The zero-order valence-electron chi connectivity index (χ0n) is 17.8. The summed E-state index contributed by atoms with van der Waals surface area (Å²) in [6.45, 7) is 3.77. The number of rotatable bonds is 6. The highest BCUT2D eigenvalue weighted by molar-refractivity contribution is 6.34. The van der Waals surface area contributed by atoms with E-state index in [2.05, 4.69) is 10.5 Å². The van der Waals surface area contributed by atoms with Crippen LogP contribution in [0.5, 0.6) is 0 Å². The maximum Gasteiger partial charge on any atom is 0.428 e. The molecular formula is C22H20Cl2F3N3O3. The lowest BCUT2D eigenvalue weighted by Gasteiger charge is -2.31. The predicted molar refractivity (Wildman–Crippen MR) is 120 cm³/mol. The smallest absolute Gasteiger partial charge is 0.395 e. The summed E-state index contributed by atoms with van der Waals surface area (Å²) in [6.07, 6.45) is -2.72. The third-order valence-electron chi connectivity index (χ3n) is 4.89. The van der Waals surface area contributed by atoms with E-state index in [-0.39, 0.29) is 21.3 Å². The van der Waals surface area contributed by atoms with Crippen LogP contribution in [0.25, 0.3) is 5.70 Å². The Hall–Kier alpha value is -2.75. The fourth-order valence-corrected chi connectivity index (χ4v) is 3.92. The molecule has 0 aromatic heterocycles. The van der Waals surface area contributed by atoms with Crippen molar-refractivity contribution in [3.8, 4) is 0 Å². The minimum atomic E-state index is -4.81. The largest absolute Gasteiger partial charge is 0.428 e. The number of oxime groups is 1. The van der Waals surface area contributed by atoms with Crippen LogP contribution in [-0.2, 0) is 15.3 Å². The van der Waals surface area contributed by atoms with E-state index in [1.807, 2.05) is 0 Å². The van der Waals surface area contributed by atoms with Gasteiger partial charge in [0.15, 0.2) is 0 Å². The van der Waals surface area contributed by atoms with Crippen molar-refractivity contribution in [2.45, 2.75) is 25.6 Å². The van der Waals surface area contributed by atoms with Crippen LogP contribution in [0.3, 0.4) is 0 Å². The quantitative estimate of drug-likeness (QED) is 0.314. The second-order valence-corrected chi connectivity index (χ2v) is 8.04. The van der Waals surface area contributed by atoms with Crippen molar-refractivity contribution in [2.75, 3.05) is 13.7 Å². The minimum absolute atomic E-state index is 0.0494. The zero-order chi connectivity index (χ0) is 24.4. The lowest BCUT2D eigenvalue weighted by atomic mass is 9.91. The number of alkyl halides is 3. The molecule has 0 radical (unpaired) electrons. The molecule has 2 aromatic rings. The summed E-state index contributed by atoms with van der Waals surface area (Å²) in [4.78, 5) is 22.5. The Balaban J connectivity index is 2.00. The lowest BCUT2D eigenvalue weighted by Crippen LogP contribution is -2.42. The molecule has 0 saturated heterocycles. The average Bonchev–Trinajstić information content (AvgIpc) is 3.09. The number of amides is 1. The van der Waals surface area contributed by atoms with E-state index in [0.717, 1.165) is 29.6 Å². The second kappa shape index (κ2) is 9.62. The monoisotopic (exact) mass is 501 g/mol. The normalized spacial score (nSPS) is 18.5. The number of hydrogen-bond acceptors (Lipinski definition) is 5. The summed E-state index contributed by atoms with van der Waals surface area (Å²) in [5.41, 5.74) is -1.58. The number of benzene rings is 2. The van der Waals surface area contributed by atoms with Gasteiger partial charge in [0.1, 0.15) is 12.9 Å². The first-order valence-electron chi connectivity index (χ1n) is 9.73. The van der Waals surface area contributed by atoms with Crippen LogP contribution in [0.1, 0.15) is 34.0 Å². The van der Waals surface area contributed by atoms with Crippen LogP contribution >= 0.6 is 23.2 Å². The van der Waals surface area contributed by atoms with Crippen LogP contribution < -0.4 is 5.32 Å². The molecule has 1 unspecified atom stereocenters.